The van der Waals surface area contributed by atoms with Gasteiger partial charge in [0, 0.05) is 12.2 Å². The molecule has 0 saturated carbocycles. The topological polar surface area (TPSA) is 89.4 Å². The van der Waals surface area contributed by atoms with E-state index in [1.54, 1.807) is 6.07 Å². The van der Waals surface area contributed by atoms with E-state index >= 15 is 0 Å². The van der Waals surface area contributed by atoms with Gasteiger partial charge in [-0.15, -0.1) is 0 Å². The normalized spacial score (nSPS) is 14.3. The molecule has 1 aliphatic heterocycles. The van der Waals surface area contributed by atoms with E-state index in [0.29, 0.717) is 5.69 Å². The summed E-state index contributed by atoms with van der Waals surface area (Å²) in [4.78, 5) is 2.00. The fourth-order valence-electron chi connectivity index (χ4n) is 2.60. The zero-order chi connectivity index (χ0) is 14.3. The summed E-state index contributed by atoms with van der Waals surface area (Å²) in [7, 11) is -3.81. The van der Waals surface area contributed by atoms with Crippen molar-refractivity contribution in [2.24, 2.45) is 5.14 Å². The van der Waals surface area contributed by atoms with Crippen LogP contribution in [-0.2, 0) is 16.4 Å². The van der Waals surface area contributed by atoms with Gasteiger partial charge in [0.25, 0.3) is 0 Å². The zero-order valence-corrected chi connectivity index (χ0v) is 11.6. The Morgan fingerprint density at radius 3 is 2.45 bits per heavy atom. The zero-order valence-electron chi connectivity index (χ0n) is 10.8. The highest BCUT2D eigenvalue weighted by Gasteiger charge is 2.24. The summed E-state index contributed by atoms with van der Waals surface area (Å²) < 4.78 is 23.1. The van der Waals surface area contributed by atoms with E-state index in [1.807, 2.05) is 29.2 Å². The highest BCUT2D eigenvalue weighted by atomic mass is 32.2. The highest BCUT2D eigenvalue weighted by Crippen LogP contribution is 2.38. The molecule has 0 fully saturated rings. The second kappa shape index (κ2) is 4.50. The Morgan fingerprint density at radius 1 is 1.00 bits per heavy atom. The third kappa shape index (κ3) is 2.03. The molecule has 5 nitrogen and oxygen atoms in total. The highest BCUT2D eigenvalue weighted by molar-refractivity contribution is 7.89. The van der Waals surface area contributed by atoms with Crippen LogP contribution in [0.25, 0.3) is 0 Å². The van der Waals surface area contributed by atoms with Crippen molar-refractivity contribution in [3.8, 4) is 0 Å². The lowest BCUT2D eigenvalue weighted by atomic mass is 10.2. The number of para-hydroxylation sites is 2. The fraction of sp³-hybridized carbons (Fsp3) is 0.143. The number of benzene rings is 2. The van der Waals surface area contributed by atoms with Gasteiger partial charge >= 0.3 is 0 Å². The Hall–Kier alpha value is -2.05. The molecule has 0 amide bonds. The van der Waals surface area contributed by atoms with E-state index in [1.165, 1.54) is 11.6 Å². The maximum atomic E-state index is 11.5. The van der Waals surface area contributed by atoms with Crippen LogP contribution in [0.5, 0.6) is 0 Å². The summed E-state index contributed by atoms with van der Waals surface area (Å²) in [6, 6.07) is 12.9. The Bertz CT molecular complexity index is 772. The minimum atomic E-state index is -3.81. The van der Waals surface area contributed by atoms with Crippen LogP contribution < -0.4 is 15.8 Å². The van der Waals surface area contributed by atoms with Crippen molar-refractivity contribution in [2.45, 2.75) is 11.3 Å². The molecule has 0 saturated heterocycles. The van der Waals surface area contributed by atoms with E-state index in [4.69, 9.17) is 10.9 Å². The van der Waals surface area contributed by atoms with Crippen LogP contribution in [0.4, 0.5) is 17.1 Å². The van der Waals surface area contributed by atoms with Crippen molar-refractivity contribution in [3.05, 3.63) is 48.0 Å². The number of nitrogen functional groups attached to an aromatic ring is 1. The SMILES string of the molecule is Nc1c(N2CCc3ccccc32)cccc1S(N)(=O)=O. The fourth-order valence-corrected chi connectivity index (χ4v) is 3.28. The monoisotopic (exact) mass is 289 g/mol. The Kier molecular flexibility index (Phi) is 2.92. The maximum absolute atomic E-state index is 11.5. The first-order valence-electron chi connectivity index (χ1n) is 6.25. The van der Waals surface area contributed by atoms with Gasteiger partial charge in [0.15, 0.2) is 0 Å². The Morgan fingerprint density at radius 2 is 1.70 bits per heavy atom. The predicted octanol–water partition coefficient (Wildman–Crippen LogP) is 1.61. The summed E-state index contributed by atoms with van der Waals surface area (Å²) in [6.07, 6.45) is 0.912. The first kappa shape index (κ1) is 13.0. The number of rotatable bonds is 2. The van der Waals surface area contributed by atoms with Gasteiger partial charge < -0.3 is 10.6 Å². The van der Waals surface area contributed by atoms with Crippen molar-refractivity contribution >= 4 is 27.1 Å². The largest absolute Gasteiger partial charge is 0.396 e. The third-order valence-corrected chi connectivity index (χ3v) is 4.50. The summed E-state index contributed by atoms with van der Waals surface area (Å²) >= 11 is 0. The molecular weight excluding hydrogens is 274 g/mol. The van der Waals surface area contributed by atoms with Crippen molar-refractivity contribution in [3.63, 3.8) is 0 Å². The van der Waals surface area contributed by atoms with Crippen molar-refractivity contribution in [2.75, 3.05) is 17.2 Å². The van der Waals surface area contributed by atoms with E-state index in [9.17, 15) is 8.42 Å². The number of nitrogens with zero attached hydrogens (tertiary/aromatic N) is 1. The molecule has 3 rings (SSSR count). The molecule has 6 heteroatoms. The summed E-state index contributed by atoms with van der Waals surface area (Å²) in [5.74, 6) is 0. The summed E-state index contributed by atoms with van der Waals surface area (Å²) in [5, 5.41) is 5.19. The molecule has 2 aromatic rings. The molecule has 0 atom stereocenters. The van der Waals surface area contributed by atoms with Gasteiger partial charge in [0.05, 0.1) is 11.4 Å². The molecule has 0 spiro atoms. The second-order valence-corrected chi connectivity index (χ2v) is 6.29. The molecule has 0 aromatic heterocycles. The van der Waals surface area contributed by atoms with Crippen LogP contribution in [0.2, 0.25) is 0 Å². The first-order valence-corrected chi connectivity index (χ1v) is 7.80. The van der Waals surface area contributed by atoms with Crippen molar-refractivity contribution in [1.82, 2.24) is 0 Å². The van der Waals surface area contributed by atoms with Gasteiger partial charge in [0.2, 0.25) is 10.0 Å². The molecule has 1 aliphatic rings. The number of hydrogen-bond acceptors (Lipinski definition) is 4. The van der Waals surface area contributed by atoms with Gasteiger partial charge in [-0.1, -0.05) is 24.3 Å². The average molecular weight is 289 g/mol. The van der Waals surface area contributed by atoms with Gasteiger partial charge in [-0.05, 0) is 30.2 Å². The lowest BCUT2D eigenvalue weighted by molar-refractivity contribution is 0.598. The molecule has 1 heterocycles. The van der Waals surface area contributed by atoms with Gasteiger partial charge in [-0.25, -0.2) is 13.6 Å². The third-order valence-electron chi connectivity index (χ3n) is 3.53. The smallest absolute Gasteiger partial charge is 0.240 e. The average Bonchev–Trinajstić information content (AvgIpc) is 2.81. The van der Waals surface area contributed by atoms with E-state index in [2.05, 4.69) is 6.07 Å². The molecule has 2 aromatic carbocycles. The van der Waals surface area contributed by atoms with E-state index in [0.717, 1.165) is 18.7 Å². The molecule has 0 unspecified atom stereocenters. The van der Waals surface area contributed by atoms with Crippen LogP contribution in [-0.4, -0.2) is 15.0 Å². The van der Waals surface area contributed by atoms with Crippen molar-refractivity contribution < 1.29 is 8.42 Å². The van der Waals surface area contributed by atoms with E-state index < -0.39 is 10.0 Å². The number of hydrogen-bond donors (Lipinski definition) is 2. The second-order valence-electron chi connectivity index (χ2n) is 4.76. The maximum Gasteiger partial charge on any atom is 0.240 e. The Balaban J connectivity index is 2.14. The molecule has 0 aliphatic carbocycles. The molecule has 0 radical (unpaired) electrons. The lowest BCUT2D eigenvalue weighted by Crippen LogP contribution is -2.19. The number of sulfonamides is 1. The van der Waals surface area contributed by atoms with Crippen LogP contribution in [0.15, 0.2) is 47.4 Å². The summed E-state index contributed by atoms with van der Waals surface area (Å²) in [5.41, 5.74) is 9.18. The molecular formula is C14H15N3O2S. The van der Waals surface area contributed by atoms with Crippen LogP contribution in [0.1, 0.15) is 5.56 Å². The molecule has 0 bridgehead atoms. The van der Waals surface area contributed by atoms with Gasteiger partial charge in [-0.2, -0.15) is 0 Å². The molecule has 104 valence electrons. The Labute approximate surface area is 117 Å². The van der Waals surface area contributed by atoms with Crippen molar-refractivity contribution in [1.29, 1.82) is 0 Å². The van der Waals surface area contributed by atoms with Gasteiger partial charge in [0.1, 0.15) is 4.90 Å². The predicted molar refractivity (Wildman–Crippen MR) is 79.4 cm³/mol. The quantitative estimate of drug-likeness (QED) is 0.822. The van der Waals surface area contributed by atoms with E-state index in [-0.39, 0.29) is 10.6 Å². The lowest BCUT2D eigenvalue weighted by Gasteiger charge is -2.22. The van der Waals surface area contributed by atoms with Crippen LogP contribution in [0, 0.1) is 0 Å². The number of anilines is 3. The molecule has 20 heavy (non-hydrogen) atoms. The minimum absolute atomic E-state index is 0.0284. The minimum Gasteiger partial charge on any atom is -0.396 e. The van der Waals surface area contributed by atoms with Gasteiger partial charge in [-0.3, -0.25) is 0 Å². The van der Waals surface area contributed by atoms with Crippen LogP contribution >= 0.6 is 0 Å². The molecule has 4 N–H and O–H groups in total. The number of primary sulfonamides is 1. The first-order chi connectivity index (χ1) is 9.48. The number of fused-ring (bicyclic) bond motifs is 1. The summed E-state index contributed by atoms with van der Waals surface area (Å²) in [6.45, 7) is 0.775. The standard InChI is InChI=1S/C14H15N3O2S/c15-14-12(6-3-7-13(14)20(16,18)19)17-9-8-10-4-1-2-5-11(10)17/h1-7H,8-9,15H2,(H2,16,18,19). The van der Waals surface area contributed by atoms with Crippen LogP contribution in [0.3, 0.4) is 0 Å². The number of nitrogens with two attached hydrogens (primary N) is 2.